The van der Waals surface area contributed by atoms with E-state index in [1.807, 2.05) is 6.08 Å². The van der Waals surface area contributed by atoms with Gasteiger partial charge in [-0.2, -0.15) is 0 Å². The lowest BCUT2D eigenvalue weighted by molar-refractivity contribution is 0.347. The number of allylic oxidation sites excluding steroid dienone is 1. The molecular formula is C23H44O. The Morgan fingerprint density at radius 3 is 1.50 bits per heavy atom. The summed E-state index contributed by atoms with van der Waals surface area (Å²) in [5.74, 6) is 0. The maximum Gasteiger partial charge on any atom is 0.0841 e. The molecular weight excluding hydrogens is 292 g/mol. The van der Waals surface area contributed by atoms with Crippen LogP contribution < -0.4 is 0 Å². The normalized spacial score (nSPS) is 19.5. The summed E-state index contributed by atoms with van der Waals surface area (Å²) in [5.41, 5.74) is 0. The summed E-state index contributed by atoms with van der Waals surface area (Å²) in [4.78, 5) is 0. The second-order valence-electron chi connectivity index (χ2n) is 7.82. The number of rotatable bonds is 19. The van der Waals surface area contributed by atoms with Crippen molar-refractivity contribution in [3.05, 3.63) is 12.7 Å². The lowest BCUT2D eigenvalue weighted by Crippen LogP contribution is -1.94. The van der Waals surface area contributed by atoms with Gasteiger partial charge in [-0.15, -0.1) is 6.58 Å². The number of unbranched alkanes of at least 4 members (excludes halogenated alkanes) is 14. The summed E-state index contributed by atoms with van der Waals surface area (Å²) >= 11 is 0. The average Bonchev–Trinajstić information content (AvgIpc) is 3.34. The van der Waals surface area contributed by atoms with Crippen LogP contribution in [0.1, 0.15) is 122 Å². The van der Waals surface area contributed by atoms with Crippen molar-refractivity contribution >= 4 is 0 Å². The maximum absolute atomic E-state index is 5.82. The predicted octanol–water partition coefficient (Wildman–Crippen LogP) is 7.98. The van der Waals surface area contributed by atoms with E-state index in [1.165, 1.54) is 116 Å². The van der Waals surface area contributed by atoms with Crippen LogP contribution in [0.3, 0.4) is 0 Å². The zero-order chi connectivity index (χ0) is 17.3. The molecule has 1 aliphatic rings. The Balaban J connectivity index is 1.72. The highest BCUT2D eigenvalue weighted by atomic mass is 16.6. The highest BCUT2D eigenvalue weighted by molar-refractivity contribution is 4.84. The average molecular weight is 337 g/mol. The third-order valence-corrected chi connectivity index (χ3v) is 5.43. The third kappa shape index (κ3) is 13.0. The van der Waals surface area contributed by atoms with Crippen molar-refractivity contribution in [1.82, 2.24) is 0 Å². The van der Waals surface area contributed by atoms with Gasteiger partial charge in [0.1, 0.15) is 0 Å². The summed E-state index contributed by atoms with van der Waals surface area (Å²) < 4.78 is 5.82. The second-order valence-corrected chi connectivity index (χ2v) is 7.82. The van der Waals surface area contributed by atoms with E-state index in [2.05, 4.69) is 13.5 Å². The number of ether oxygens (including phenoxy) is 1. The molecule has 0 aromatic rings. The molecule has 0 aromatic carbocycles. The molecule has 0 spiro atoms. The molecule has 1 rings (SSSR count). The van der Waals surface area contributed by atoms with Gasteiger partial charge >= 0.3 is 0 Å². The summed E-state index contributed by atoms with van der Waals surface area (Å²) in [6.07, 6.45) is 28.3. The first-order chi connectivity index (χ1) is 11.9. The van der Waals surface area contributed by atoms with Crippen LogP contribution in [-0.2, 0) is 4.74 Å². The van der Waals surface area contributed by atoms with Crippen molar-refractivity contribution in [2.45, 2.75) is 135 Å². The van der Waals surface area contributed by atoms with Crippen molar-refractivity contribution < 1.29 is 4.74 Å². The highest BCUT2D eigenvalue weighted by Gasteiger charge is 2.36. The highest BCUT2D eigenvalue weighted by Crippen LogP contribution is 2.31. The monoisotopic (exact) mass is 336 g/mol. The van der Waals surface area contributed by atoms with Crippen LogP contribution in [0.2, 0.25) is 0 Å². The molecule has 24 heavy (non-hydrogen) atoms. The zero-order valence-electron chi connectivity index (χ0n) is 16.6. The molecule has 0 radical (unpaired) electrons. The molecule has 1 fully saturated rings. The fourth-order valence-corrected chi connectivity index (χ4v) is 3.68. The Morgan fingerprint density at radius 1 is 0.625 bits per heavy atom. The van der Waals surface area contributed by atoms with Crippen LogP contribution in [0.25, 0.3) is 0 Å². The first-order valence-corrected chi connectivity index (χ1v) is 11.1. The molecule has 0 N–H and O–H groups in total. The fraction of sp³-hybridized carbons (Fsp3) is 0.913. The van der Waals surface area contributed by atoms with E-state index in [0.717, 1.165) is 0 Å². The van der Waals surface area contributed by atoms with Gasteiger partial charge in [0.25, 0.3) is 0 Å². The van der Waals surface area contributed by atoms with E-state index in [-0.39, 0.29) is 0 Å². The van der Waals surface area contributed by atoms with Crippen molar-refractivity contribution in [1.29, 1.82) is 0 Å². The van der Waals surface area contributed by atoms with Crippen molar-refractivity contribution in [3.8, 4) is 0 Å². The van der Waals surface area contributed by atoms with Gasteiger partial charge < -0.3 is 4.74 Å². The molecule has 1 heterocycles. The van der Waals surface area contributed by atoms with Crippen LogP contribution in [-0.4, -0.2) is 12.2 Å². The largest absolute Gasteiger partial charge is 0.370 e. The van der Waals surface area contributed by atoms with Crippen LogP contribution in [0, 0.1) is 0 Å². The van der Waals surface area contributed by atoms with Crippen LogP contribution in [0.15, 0.2) is 12.7 Å². The van der Waals surface area contributed by atoms with E-state index in [1.54, 1.807) is 0 Å². The van der Waals surface area contributed by atoms with Gasteiger partial charge in [0.05, 0.1) is 12.2 Å². The lowest BCUT2D eigenvalue weighted by atomic mass is 10.0. The Hall–Kier alpha value is -0.300. The maximum atomic E-state index is 5.82. The Bertz CT molecular complexity index is 273. The molecule has 2 unspecified atom stereocenters. The van der Waals surface area contributed by atoms with Crippen molar-refractivity contribution in [2.24, 2.45) is 0 Å². The first-order valence-electron chi connectivity index (χ1n) is 11.1. The minimum absolute atomic E-state index is 0.618. The number of hydrogen-bond acceptors (Lipinski definition) is 1. The fourth-order valence-electron chi connectivity index (χ4n) is 3.68. The summed E-state index contributed by atoms with van der Waals surface area (Å²) in [7, 11) is 0. The van der Waals surface area contributed by atoms with E-state index in [0.29, 0.717) is 12.2 Å². The first kappa shape index (κ1) is 21.7. The molecule has 1 heteroatoms. The number of hydrogen-bond donors (Lipinski definition) is 0. The van der Waals surface area contributed by atoms with E-state index >= 15 is 0 Å². The smallest absolute Gasteiger partial charge is 0.0841 e. The zero-order valence-corrected chi connectivity index (χ0v) is 16.6. The molecule has 0 aromatic heterocycles. The van der Waals surface area contributed by atoms with Gasteiger partial charge in [0.15, 0.2) is 0 Å². The van der Waals surface area contributed by atoms with Gasteiger partial charge in [0.2, 0.25) is 0 Å². The summed E-state index contributed by atoms with van der Waals surface area (Å²) in [6.45, 7) is 6.07. The van der Waals surface area contributed by atoms with Crippen LogP contribution >= 0.6 is 0 Å². The Labute approximate surface area is 152 Å². The quantitative estimate of drug-likeness (QED) is 0.132. The minimum Gasteiger partial charge on any atom is -0.370 e. The van der Waals surface area contributed by atoms with E-state index in [4.69, 9.17) is 4.74 Å². The lowest BCUT2D eigenvalue weighted by Gasteiger charge is -2.02. The molecule has 0 aliphatic carbocycles. The SMILES string of the molecule is C=CCCCCCCC1OC1CCCCCCCCCCCCC. The molecule has 0 amide bonds. The van der Waals surface area contributed by atoms with Gasteiger partial charge in [-0.05, 0) is 25.7 Å². The van der Waals surface area contributed by atoms with Gasteiger partial charge in [-0.25, -0.2) is 0 Å². The topological polar surface area (TPSA) is 12.5 Å². The van der Waals surface area contributed by atoms with Gasteiger partial charge in [0, 0.05) is 0 Å². The van der Waals surface area contributed by atoms with Crippen LogP contribution in [0.5, 0.6) is 0 Å². The molecule has 0 saturated carbocycles. The molecule has 1 aliphatic heterocycles. The van der Waals surface area contributed by atoms with Gasteiger partial charge in [-0.3, -0.25) is 0 Å². The predicted molar refractivity (Wildman–Crippen MR) is 108 cm³/mol. The van der Waals surface area contributed by atoms with Crippen LogP contribution in [0.4, 0.5) is 0 Å². The standard InChI is InChI=1S/C23H44O/c1-3-5-7-9-11-12-13-14-15-17-19-21-23-22(24-23)20-18-16-10-8-6-4-2/h4,22-23H,2-3,5-21H2,1H3. The Kier molecular flexibility index (Phi) is 14.7. The minimum atomic E-state index is 0.618. The molecule has 1 nitrogen and oxygen atoms in total. The number of epoxide rings is 1. The molecule has 1 saturated heterocycles. The second kappa shape index (κ2) is 16.2. The summed E-state index contributed by atoms with van der Waals surface area (Å²) in [5, 5.41) is 0. The Morgan fingerprint density at radius 2 is 1.04 bits per heavy atom. The molecule has 2 atom stereocenters. The van der Waals surface area contributed by atoms with E-state index in [9.17, 15) is 0 Å². The third-order valence-electron chi connectivity index (χ3n) is 5.43. The molecule has 142 valence electrons. The molecule has 0 bridgehead atoms. The van der Waals surface area contributed by atoms with Crippen molar-refractivity contribution in [3.63, 3.8) is 0 Å². The van der Waals surface area contributed by atoms with Gasteiger partial charge in [-0.1, -0.05) is 103 Å². The summed E-state index contributed by atoms with van der Waals surface area (Å²) in [6, 6.07) is 0. The van der Waals surface area contributed by atoms with Crippen molar-refractivity contribution in [2.75, 3.05) is 0 Å². The van der Waals surface area contributed by atoms with E-state index < -0.39 is 0 Å².